The van der Waals surface area contributed by atoms with Gasteiger partial charge in [0.1, 0.15) is 0 Å². The molecule has 4 rings (SSSR count). The second-order valence-electron chi connectivity index (χ2n) is 5.51. The Labute approximate surface area is 210 Å². The molecule has 0 saturated heterocycles. The second kappa shape index (κ2) is 24.1. The predicted octanol–water partition coefficient (Wildman–Crippen LogP) is 12.9. The van der Waals surface area contributed by atoms with Gasteiger partial charge in [0.15, 0.2) is 0 Å². The monoisotopic (exact) mass is 454 g/mol. The molecule has 4 aromatic carbocycles. The van der Waals surface area contributed by atoms with E-state index >= 15 is 0 Å². The summed E-state index contributed by atoms with van der Waals surface area (Å²) in [6.07, 6.45) is 0. The van der Waals surface area contributed by atoms with Crippen LogP contribution in [0.5, 0.6) is 0 Å². The first-order valence-corrected chi connectivity index (χ1v) is 10.3. The maximum absolute atomic E-state index is 2.23. The van der Waals surface area contributed by atoms with Crippen molar-refractivity contribution in [2.45, 2.75) is 93.0 Å². The fourth-order valence-electron chi connectivity index (χ4n) is 3.18. The minimum Gasteiger partial charge on any atom is -0.0776 e. The first-order valence-electron chi connectivity index (χ1n) is 10.3. The van der Waals surface area contributed by atoms with Crippen molar-refractivity contribution in [3.63, 3.8) is 0 Å². The van der Waals surface area contributed by atoms with Crippen LogP contribution in [0.3, 0.4) is 0 Å². The van der Waals surface area contributed by atoms with E-state index in [-0.39, 0.29) is 44.6 Å². The highest BCUT2D eigenvalue weighted by molar-refractivity contribution is 6.06. The maximum Gasteiger partial charge on any atom is -0.00699 e. The molecule has 0 radical (unpaired) electrons. The first-order chi connectivity index (χ1) is 13.3. The molecule has 0 heteroatoms. The number of hydrogen-bond donors (Lipinski definition) is 0. The maximum atomic E-state index is 2.23. The minimum absolute atomic E-state index is 0. The van der Waals surface area contributed by atoms with Crippen LogP contribution in [0.4, 0.5) is 0 Å². The number of fused-ring (bicyclic) bond motifs is 2. The smallest absolute Gasteiger partial charge is 0.00699 e. The van der Waals surface area contributed by atoms with Gasteiger partial charge in [-0.1, -0.05) is 165 Å². The van der Waals surface area contributed by atoms with Gasteiger partial charge in [-0.25, -0.2) is 0 Å². The fraction of sp³-hybridized carbons (Fsp3) is 0.394. The van der Waals surface area contributed by atoms with E-state index in [2.05, 4.69) is 85.8 Å². The van der Waals surface area contributed by atoms with E-state index in [0.717, 1.165) is 0 Å². The molecule has 0 saturated carbocycles. The predicted molar refractivity (Wildman–Crippen MR) is 166 cm³/mol. The lowest BCUT2D eigenvalue weighted by Gasteiger charge is -2.13. The van der Waals surface area contributed by atoms with E-state index in [0.29, 0.717) is 0 Å². The molecule has 0 aliphatic carbocycles. The van der Waals surface area contributed by atoms with Crippen LogP contribution in [0.1, 0.15) is 91.7 Å². The van der Waals surface area contributed by atoms with E-state index in [9.17, 15) is 0 Å². The Morgan fingerprint density at radius 3 is 1.30 bits per heavy atom. The topological polar surface area (TPSA) is 0 Å². The SMILES string of the molecule is C.C.C.C.C.C.CC.CC.CC.Cc1ccc2ccccc2c1-c1cccc2ccccc12. The third-order valence-electron chi connectivity index (χ3n) is 4.20. The molecule has 0 amide bonds. The molecule has 0 aromatic heterocycles. The summed E-state index contributed by atoms with van der Waals surface area (Å²) >= 11 is 0. The molecule has 0 atom stereocenters. The number of rotatable bonds is 1. The van der Waals surface area contributed by atoms with Crippen molar-refractivity contribution in [3.05, 3.63) is 84.4 Å². The Kier molecular flexibility index (Phi) is 32.2. The summed E-state index contributed by atoms with van der Waals surface area (Å²) in [6.45, 7) is 14.2. The summed E-state index contributed by atoms with van der Waals surface area (Å²) < 4.78 is 0. The second-order valence-corrected chi connectivity index (χ2v) is 5.51. The van der Waals surface area contributed by atoms with Gasteiger partial charge >= 0.3 is 0 Å². The normalized spacial score (nSPS) is 7.61. The Morgan fingerprint density at radius 2 is 0.788 bits per heavy atom. The highest BCUT2D eigenvalue weighted by atomic mass is 14.1. The van der Waals surface area contributed by atoms with Crippen LogP contribution in [-0.2, 0) is 0 Å². The summed E-state index contributed by atoms with van der Waals surface area (Å²) in [4.78, 5) is 0. The molecular weight excluding hydrogens is 396 g/mol. The van der Waals surface area contributed by atoms with Crippen LogP contribution in [0.15, 0.2) is 78.9 Å². The molecule has 0 bridgehead atoms. The Hall–Kier alpha value is -2.60. The third-order valence-corrected chi connectivity index (χ3v) is 4.20. The molecule has 4 aromatic rings. The van der Waals surface area contributed by atoms with Gasteiger partial charge in [0.25, 0.3) is 0 Å². The van der Waals surface area contributed by atoms with Gasteiger partial charge in [0.05, 0.1) is 0 Å². The van der Waals surface area contributed by atoms with E-state index in [1.165, 1.54) is 38.2 Å². The quantitative estimate of drug-likeness (QED) is 0.268. The van der Waals surface area contributed by atoms with Crippen molar-refractivity contribution in [2.75, 3.05) is 0 Å². The molecule has 0 aliphatic rings. The summed E-state index contributed by atoms with van der Waals surface area (Å²) in [7, 11) is 0. The number of aryl methyl sites for hydroxylation is 1. The third kappa shape index (κ3) is 10.3. The summed E-state index contributed by atoms with van der Waals surface area (Å²) in [5, 5.41) is 5.24. The standard InChI is InChI=1S/C21H16.3C2H6.6CH4/c1-15-13-14-17-8-3-5-11-19(17)21(15)20-12-6-9-16-7-2-4-10-18(16)20;3*1-2;;;;;;/h2-14H,1H3;3*1-2H3;6*1H4. The van der Waals surface area contributed by atoms with Crippen LogP contribution >= 0.6 is 0 Å². The first kappa shape index (κ1) is 44.1. The average molecular weight is 455 g/mol. The van der Waals surface area contributed by atoms with Crippen LogP contribution in [0.2, 0.25) is 0 Å². The number of hydrogen-bond acceptors (Lipinski definition) is 0. The molecule has 0 N–H and O–H groups in total. The van der Waals surface area contributed by atoms with Gasteiger partial charge in [-0.15, -0.1) is 0 Å². The van der Waals surface area contributed by atoms with Gasteiger partial charge in [-0.2, -0.15) is 0 Å². The van der Waals surface area contributed by atoms with Crippen LogP contribution in [0.25, 0.3) is 32.7 Å². The molecule has 0 heterocycles. The molecular formula is C33H58. The van der Waals surface area contributed by atoms with Crippen LogP contribution in [-0.4, -0.2) is 0 Å². The zero-order valence-electron chi connectivity index (χ0n) is 18.0. The molecule has 33 heavy (non-hydrogen) atoms. The molecule has 0 aliphatic heterocycles. The Morgan fingerprint density at radius 1 is 0.394 bits per heavy atom. The fourth-order valence-corrected chi connectivity index (χ4v) is 3.18. The van der Waals surface area contributed by atoms with Gasteiger partial charge < -0.3 is 0 Å². The minimum atomic E-state index is 0. The van der Waals surface area contributed by atoms with Crippen LogP contribution in [0, 0.1) is 6.92 Å². The van der Waals surface area contributed by atoms with E-state index in [1.54, 1.807) is 0 Å². The lowest BCUT2D eigenvalue weighted by atomic mass is 9.91. The van der Waals surface area contributed by atoms with Gasteiger partial charge in [-0.3, -0.25) is 0 Å². The van der Waals surface area contributed by atoms with E-state index < -0.39 is 0 Å². The van der Waals surface area contributed by atoms with Crippen molar-refractivity contribution >= 4 is 21.5 Å². The molecule has 0 spiro atoms. The van der Waals surface area contributed by atoms with E-state index in [4.69, 9.17) is 0 Å². The van der Waals surface area contributed by atoms with Crippen molar-refractivity contribution < 1.29 is 0 Å². The molecule has 0 nitrogen and oxygen atoms in total. The zero-order valence-corrected chi connectivity index (χ0v) is 18.0. The average Bonchev–Trinajstić information content (AvgIpc) is 2.78. The largest absolute Gasteiger partial charge is 0.0776 e. The van der Waals surface area contributed by atoms with Crippen molar-refractivity contribution in [1.29, 1.82) is 0 Å². The van der Waals surface area contributed by atoms with Crippen molar-refractivity contribution in [2.24, 2.45) is 0 Å². The number of benzene rings is 4. The lowest BCUT2D eigenvalue weighted by Crippen LogP contribution is -1.87. The van der Waals surface area contributed by atoms with Gasteiger partial charge in [-0.05, 0) is 45.2 Å². The lowest BCUT2D eigenvalue weighted by molar-refractivity contribution is 1.50. The summed E-state index contributed by atoms with van der Waals surface area (Å²) in [5.41, 5.74) is 4.00. The highest BCUT2D eigenvalue weighted by Crippen LogP contribution is 2.36. The Bertz CT molecular complexity index is 943. The van der Waals surface area contributed by atoms with Crippen LogP contribution < -0.4 is 0 Å². The van der Waals surface area contributed by atoms with Crippen molar-refractivity contribution in [1.82, 2.24) is 0 Å². The zero-order chi connectivity index (χ0) is 20.2. The van der Waals surface area contributed by atoms with Gasteiger partial charge in [0, 0.05) is 0 Å². The molecule has 190 valence electrons. The Balaban J connectivity index is -0.000000142. The summed E-state index contributed by atoms with van der Waals surface area (Å²) in [5.74, 6) is 0. The molecule has 0 unspecified atom stereocenters. The van der Waals surface area contributed by atoms with E-state index in [1.807, 2.05) is 41.5 Å². The van der Waals surface area contributed by atoms with Crippen molar-refractivity contribution in [3.8, 4) is 11.1 Å². The molecule has 0 fully saturated rings. The highest BCUT2D eigenvalue weighted by Gasteiger charge is 2.09. The van der Waals surface area contributed by atoms with Gasteiger partial charge in [0.2, 0.25) is 0 Å². The summed E-state index contributed by atoms with van der Waals surface area (Å²) in [6, 6.07) is 28.2.